The summed E-state index contributed by atoms with van der Waals surface area (Å²) < 4.78 is 19.4. The summed E-state index contributed by atoms with van der Waals surface area (Å²) in [7, 11) is -2.62. The van der Waals surface area contributed by atoms with E-state index in [0.717, 1.165) is 18.4 Å². The van der Waals surface area contributed by atoms with Crippen molar-refractivity contribution in [3.05, 3.63) is 17.6 Å². The first-order valence-corrected chi connectivity index (χ1v) is 5.91. The molecule has 1 unspecified atom stereocenters. The average molecular weight is 197 g/mol. The van der Waals surface area contributed by atoms with Crippen molar-refractivity contribution >= 4 is 9.73 Å². The van der Waals surface area contributed by atoms with Crippen molar-refractivity contribution < 1.29 is 4.21 Å². The molecule has 0 amide bonds. The Labute approximate surface area is 77.4 Å². The minimum Gasteiger partial charge on any atom is -0.248 e. The van der Waals surface area contributed by atoms with Gasteiger partial charge >= 0.3 is 0 Å². The molecule has 4 nitrogen and oxygen atoms in total. The van der Waals surface area contributed by atoms with E-state index in [-0.39, 0.29) is 0 Å². The Bertz CT molecular complexity index is 439. The van der Waals surface area contributed by atoms with Gasteiger partial charge in [-0.05, 0) is 19.8 Å². The average Bonchev–Trinajstić information content (AvgIpc) is 2.06. The summed E-state index contributed by atoms with van der Waals surface area (Å²) in [6.45, 7) is 1.75. The highest BCUT2D eigenvalue weighted by Gasteiger charge is 2.22. The maximum Gasteiger partial charge on any atom is 0.142 e. The van der Waals surface area contributed by atoms with Gasteiger partial charge in [0.2, 0.25) is 0 Å². The monoisotopic (exact) mass is 197 g/mol. The van der Waals surface area contributed by atoms with E-state index in [1.165, 1.54) is 0 Å². The van der Waals surface area contributed by atoms with E-state index in [1.54, 1.807) is 13.1 Å². The third-order valence-corrected chi connectivity index (χ3v) is 3.98. The quantitative estimate of drug-likeness (QED) is 0.634. The second kappa shape index (κ2) is 2.77. The first kappa shape index (κ1) is 8.62. The van der Waals surface area contributed by atoms with Crippen molar-refractivity contribution in [3.8, 4) is 0 Å². The Morgan fingerprint density at radius 1 is 1.62 bits per heavy atom. The molecule has 0 bridgehead atoms. The molecule has 0 saturated heterocycles. The predicted molar refractivity (Wildman–Crippen MR) is 49.1 cm³/mol. The molecule has 0 saturated carbocycles. The van der Waals surface area contributed by atoms with Crippen LogP contribution in [0.25, 0.3) is 0 Å². The molecule has 1 aromatic rings. The van der Waals surface area contributed by atoms with Gasteiger partial charge in [-0.3, -0.25) is 0 Å². The maximum absolute atomic E-state index is 11.8. The number of hydrogen-bond donors (Lipinski definition) is 1. The van der Waals surface area contributed by atoms with Crippen molar-refractivity contribution in [3.63, 3.8) is 0 Å². The predicted octanol–water partition coefficient (Wildman–Crippen LogP) is 1.14. The van der Waals surface area contributed by atoms with Crippen LogP contribution in [0.15, 0.2) is 11.2 Å². The minimum atomic E-state index is -2.62. The van der Waals surface area contributed by atoms with Gasteiger partial charge in [-0.25, -0.2) is 19.0 Å². The van der Waals surface area contributed by atoms with Crippen molar-refractivity contribution in [1.82, 2.24) is 9.97 Å². The van der Waals surface area contributed by atoms with Crippen molar-refractivity contribution in [2.24, 2.45) is 0 Å². The normalized spacial score (nSPS) is 26.8. The zero-order valence-electron chi connectivity index (χ0n) is 7.41. The number of aromatic nitrogens is 2. The van der Waals surface area contributed by atoms with Gasteiger partial charge in [0, 0.05) is 17.5 Å². The zero-order valence-corrected chi connectivity index (χ0v) is 8.23. The topological polar surface area (TPSA) is 66.7 Å². The minimum absolute atomic E-state index is 0.441. The van der Waals surface area contributed by atoms with Crippen LogP contribution in [0.4, 0.5) is 0 Å². The standard InChI is InChI=1S/C8H11N3OS/c1-6-10-5-7-3-2-4-13(9,12)8(7)11-6/h5,9H,2-4H2,1H3. The Morgan fingerprint density at radius 2 is 2.38 bits per heavy atom. The number of nitrogens with one attached hydrogen (secondary N) is 1. The van der Waals surface area contributed by atoms with Gasteiger partial charge < -0.3 is 0 Å². The number of rotatable bonds is 0. The third-order valence-electron chi connectivity index (χ3n) is 2.14. The maximum atomic E-state index is 11.8. The van der Waals surface area contributed by atoms with Gasteiger partial charge in [0.05, 0.1) is 9.73 Å². The second-order valence-electron chi connectivity index (χ2n) is 3.23. The van der Waals surface area contributed by atoms with Gasteiger partial charge in [0.25, 0.3) is 0 Å². The SMILES string of the molecule is Cc1ncc2c(n1)S(=N)(=O)CCC2. The molecule has 0 radical (unpaired) electrons. The molecule has 1 aromatic heterocycles. The van der Waals surface area contributed by atoms with Crippen LogP contribution in [-0.2, 0) is 16.1 Å². The lowest BCUT2D eigenvalue weighted by Crippen LogP contribution is -2.17. The Kier molecular flexibility index (Phi) is 1.83. The van der Waals surface area contributed by atoms with Crippen LogP contribution in [0.5, 0.6) is 0 Å². The smallest absolute Gasteiger partial charge is 0.142 e. The van der Waals surface area contributed by atoms with Crippen LogP contribution in [0.2, 0.25) is 0 Å². The third kappa shape index (κ3) is 1.44. The van der Waals surface area contributed by atoms with Gasteiger partial charge in [-0.2, -0.15) is 0 Å². The van der Waals surface area contributed by atoms with E-state index in [1.807, 2.05) is 0 Å². The highest BCUT2D eigenvalue weighted by atomic mass is 32.2. The molecule has 0 aromatic carbocycles. The van der Waals surface area contributed by atoms with Crippen molar-refractivity contribution in [1.29, 1.82) is 4.78 Å². The fraction of sp³-hybridized carbons (Fsp3) is 0.500. The molecular formula is C8H11N3OS. The lowest BCUT2D eigenvalue weighted by molar-refractivity contribution is 0.655. The molecule has 2 rings (SSSR count). The Morgan fingerprint density at radius 3 is 3.15 bits per heavy atom. The van der Waals surface area contributed by atoms with Crippen molar-refractivity contribution in [2.45, 2.75) is 24.8 Å². The molecule has 1 aliphatic rings. The van der Waals surface area contributed by atoms with Gasteiger partial charge in [0.15, 0.2) is 0 Å². The van der Waals surface area contributed by atoms with Gasteiger partial charge in [0.1, 0.15) is 10.9 Å². The van der Waals surface area contributed by atoms with Crippen molar-refractivity contribution in [2.75, 3.05) is 5.75 Å². The molecule has 1 aliphatic heterocycles. The lowest BCUT2D eigenvalue weighted by atomic mass is 10.2. The van der Waals surface area contributed by atoms with E-state index in [9.17, 15) is 4.21 Å². The first-order valence-electron chi connectivity index (χ1n) is 4.18. The lowest BCUT2D eigenvalue weighted by Gasteiger charge is -2.16. The summed E-state index contributed by atoms with van der Waals surface area (Å²) >= 11 is 0. The Hall–Kier alpha value is -0.970. The largest absolute Gasteiger partial charge is 0.248 e. The summed E-state index contributed by atoms with van der Waals surface area (Å²) in [5, 5.41) is 0.464. The van der Waals surface area contributed by atoms with Crippen LogP contribution < -0.4 is 0 Å². The van der Waals surface area contributed by atoms with E-state index >= 15 is 0 Å². The van der Waals surface area contributed by atoms with Crippen LogP contribution >= 0.6 is 0 Å². The number of fused-ring (bicyclic) bond motifs is 1. The fourth-order valence-electron chi connectivity index (χ4n) is 1.49. The van der Waals surface area contributed by atoms with E-state index in [4.69, 9.17) is 4.78 Å². The molecule has 13 heavy (non-hydrogen) atoms. The van der Waals surface area contributed by atoms with Crippen LogP contribution in [0.1, 0.15) is 17.8 Å². The summed E-state index contributed by atoms with van der Waals surface area (Å²) in [6, 6.07) is 0. The van der Waals surface area contributed by atoms with E-state index in [0.29, 0.717) is 16.6 Å². The van der Waals surface area contributed by atoms with E-state index in [2.05, 4.69) is 9.97 Å². The molecular weight excluding hydrogens is 186 g/mol. The number of aryl methyl sites for hydroxylation is 2. The van der Waals surface area contributed by atoms with Gasteiger partial charge in [-0.15, -0.1) is 0 Å². The zero-order chi connectivity index (χ0) is 9.47. The molecule has 0 aliphatic carbocycles. The number of nitrogens with zero attached hydrogens (tertiary/aromatic N) is 2. The molecule has 1 N–H and O–H groups in total. The van der Waals surface area contributed by atoms with Gasteiger partial charge in [-0.1, -0.05) is 0 Å². The molecule has 5 heteroatoms. The summed E-state index contributed by atoms with van der Waals surface area (Å²) in [4.78, 5) is 8.13. The first-order chi connectivity index (χ1) is 6.09. The molecule has 2 heterocycles. The highest BCUT2D eigenvalue weighted by Crippen LogP contribution is 2.22. The fourth-order valence-corrected chi connectivity index (χ4v) is 3.10. The van der Waals surface area contributed by atoms with Crippen LogP contribution in [-0.4, -0.2) is 19.9 Å². The molecule has 70 valence electrons. The van der Waals surface area contributed by atoms with Crippen LogP contribution in [0.3, 0.4) is 0 Å². The molecule has 0 spiro atoms. The summed E-state index contributed by atoms with van der Waals surface area (Å²) in [6.07, 6.45) is 3.36. The van der Waals surface area contributed by atoms with Crippen LogP contribution in [0, 0.1) is 11.7 Å². The number of hydrogen-bond acceptors (Lipinski definition) is 4. The highest BCUT2D eigenvalue weighted by molar-refractivity contribution is 7.92. The Balaban J connectivity index is 2.68. The summed E-state index contributed by atoms with van der Waals surface area (Å²) in [5.41, 5.74) is 0.886. The molecule has 1 atom stereocenters. The molecule has 0 fully saturated rings. The second-order valence-corrected chi connectivity index (χ2v) is 5.38. The van der Waals surface area contributed by atoms with E-state index < -0.39 is 9.73 Å². The summed E-state index contributed by atoms with van der Waals surface area (Å²) in [5.74, 6) is 1.04.